The second-order valence-electron chi connectivity index (χ2n) is 3.76. The third-order valence-corrected chi connectivity index (χ3v) is 3.20. The van der Waals surface area contributed by atoms with Crippen molar-refractivity contribution in [3.63, 3.8) is 0 Å². The van der Waals surface area contributed by atoms with Gasteiger partial charge >= 0.3 is 0 Å². The molecule has 1 aromatic rings. The SMILES string of the molecule is OC[C@H]1CN(c2ccc(Br)cc2)CCN1. The maximum absolute atomic E-state index is 9.10. The molecule has 1 saturated heterocycles. The predicted molar refractivity (Wildman–Crippen MR) is 65.2 cm³/mol. The van der Waals surface area contributed by atoms with Gasteiger partial charge in [-0.1, -0.05) is 15.9 Å². The monoisotopic (exact) mass is 270 g/mol. The number of hydrogen-bond donors (Lipinski definition) is 2. The molecule has 3 nitrogen and oxygen atoms in total. The maximum Gasteiger partial charge on any atom is 0.0601 e. The van der Waals surface area contributed by atoms with Crippen LogP contribution in [0.2, 0.25) is 0 Å². The van der Waals surface area contributed by atoms with Crippen LogP contribution in [0.4, 0.5) is 5.69 Å². The molecule has 1 fully saturated rings. The molecule has 0 saturated carbocycles. The smallest absolute Gasteiger partial charge is 0.0601 e. The van der Waals surface area contributed by atoms with Gasteiger partial charge in [0, 0.05) is 35.8 Å². The Morgan fingerprint density at radius 1 is 1.40 bits per heavy atom. The summed E-state index contributed by atoms with van der Waals surface area (Å²) in [6, 6.07) is 8.49. The van der Waals surface area contributed by atoms with Crippen molar-refractivity contribution in [2.75, 3.05) is 31.1 Å². The number of aliphatic hydroxyl groups is 1. The molecule has 1 atom stereocenters. The van der Waals surface area contributed by atoms with Gasteiger partial charge in [0.2, 0.25) is 0 Å². The highest BCUT2D eigenvalue weighted by Crippen LogP contribution is 2.19. The van der Waals surface area contributed by atoms with Gasteiger partial charge in [0.15, 0.2) is 0 Å². The number of nitrogens with zero attached hydrogens (tertiary/aromatic N) is 1. The number of anilines is 1. The van der Waals surface area contributed by atoms with Gasteiger partial charge in [-0.2, -0.15) is 0 Å². The Morgan fingerprint density at radius 2 is 2.13 bits per heavy atom. The summed E-state index contributed by atoms with van der Waals surface area (Å²) in [4.78, 5) is 2.30. The van der Waals surface area contributed by atoms with E-state index < -0.39 is 0 Å². The van der Waals surface area contributed by atoms with Crippen LogP contribution >= 0.6 is 15.9 Å². The Hall–Kier alpha value is -0.580. The average molecular weight is 271 g/mol. The van der Waals surface area contributed by atoms with Gasteiger partial charge in [0.25, 0.3) is 0 Å². The predicted octanol–water partition coefficient (Wildman–Crippen LogP) is 1.22. The normalized spacial score (nSPS) is 21.7. The average Bonchev–Trinajstić information content (AvgIpc) is 2.30. The summed E-state index contributed by atoms with van der Waals surface area (Å²) < 4.78 is 1.10. The van der Waals surface area contributed by atoms with Crippen LogP contribution in [0.1, 0.15) is 0 Å². The number of hydrogen-bond acceptors (Lipinski definition) is 3. The molecule has 0 aromatic heterocycles. The van der Waals surface area contributed by atoms with E-state index in [2.05, 4.69) is 38.3 Å². The second kappa shape index (κ2) is 4.96. The lowest BCUT2D eigenvalue weighted by Gasteiger charge is -2.34. The molecule has 1 heterocycles. The van der Waals surface area contributed by atoms with Crippen molar-refractivity contribution in [2.24, 2.45) is 0 Å². The van der Waals surface area contributed by atoms with Crippen molar-refractivity contribution in [3.8, 4) is 0 Å². The lowest BCUT2D eigenvalue weighted by molar-refractivity contribution is 0.235. The standard InChI is InChI=1S/C11H15BrN2O/c12-9-1-3-11(4-2-9)14-6-5-13-10(7-14)8-15/h1-4,10,13,15H,5-8H2/t10-/m1/s1. The van der Waals surface area contributed by atoms with Crippen molar-refractivity contribution in [3.05, 3.63) is 28.7 Å². The summed E-state index contributed by atoms with van der Waals surface area (Å²) in [7, 11) is 0. The van der Waals surface area contributed by atoms with E-state index in [1.165, 1.54) is 5.69 Å². The highest BCUT2D eigenvalue weighted by molar-refractivity contribution is 9.10. The molecule has 4 heteroatoms. The number of benzene rings is 1. The summed E-state index contributed by atoms with van der Waals surface area (Å²) in [5.41, 5.74) is 1.22. The summed E-state index contributed by atoms with van der Waals surface area (Å²) in [5, 5.41) is 12.4. The maximum atomic E-state index is 9.10. The van der Waals surface area contributed by atoms with Crippen molar-refractivity contribution in [1.82, 2.24) is 5.32 Å². The quantitative estimate of drug-likeness (QED) is 0.849. The zero-order valence-electron chi connectivity index (χ0n) is 8.49. The molecular weight excluding hydrogens is 256 g/mol. The van der Waals surface area contributed by atoms with Crippen LogP contribution in [-0.2, 0) is 0 Å². The molecule has 0 bridgehead atoms. The molecule has 1 aliphatic heterocycles. The first-order valence-corrected chi connectivity index (χ1v) is 5.93. The number of halogens is 1. The van der Waals surface area contributed by atoms with Crippen LogP contribution in [0.25, 0.3) is 0 Å². The molecule has 2 rings (SSSR count). The first kappa shape index (κ1) is 10.9. The van der Waals surface area contributed by atoms with Crippen LogP contribution in [0.5, 0.6) is 0 Å². The van der Waals surface area contributed by atoms with Crippen molar-refractivity contribution < 1.29 is 5.11 Å². The Labute approximate surface area is 98.2 Å². The van der Waals surface area contributed by atoms with Gasteiger partial charge in [-0.05, 0) is 24.3 Å². The number of aliphatic hydroxyl groups excluding tert-OH is 1. The minimum absolute atomic E-state index is 0.197. The fraction of sp³-hybridized carbons (Fsp3) is 0.455. The minimum Gasteiger partial charge on any atom is -0.395 e. The van der Waals surface area contributed by atoms with Crippen LogP contribution in [0, 0.1) is 0 Å². The molecule has 15 heavy (non-hydrogen) atoms. The number of piperazine rings is 1. The van der Waals surface area contributed by atoms with Crippen molar-refractivity contribution in [1.29, 1.82) is 0 Å². The topological polar surface area (TPSA) is 35.5 Å². The molecule has 2 N–H and O–H groups in total. The third kappa shape index (κ3) is 2.71. The van der Waals surface area contributed by atoms with Gasteiger partial charge < -0.3 is 15.3 Å². The van der Waals surface area contributed by atoms with Gasteiger partial charge in [-0.3, -0.25) is 0 Å². The first-order chi connectivity index (χ1) is 7.29. The summed E-state index contributed by atoms with van der Waals surface area (Å²) in [5.74, 6) is 0. The van der Waals surface area contributed by atoms with E-state index in [0.29, 0.717) is 0 Å². The van der Waals surface area contributed by atoms with Crippen LogP contribution in [0.15, 0.2) is 28.7 Å². The summed E-state index contributed by atoms with van der Waals surface area (Å²) in [6.07, 6.45) is 0. The molecule has 0 radical (unpaired) electrons. The lowest BCUT2D eigenvalue weighted by Crippen LogP contribution is -2.52. The molecular formula is C11H15BrN2O. The zero-order chi connectivity index (χ0) is 10.7. The van der Waals surface area contributed by atoms with Crippen molar-refractivity contribution in [2.45, 2.75) is 6.04 Å². The van der Waals surface area contributed by atoms with Gasteiger partial charge in [0.1, 0.15) is 0 Å². The van der Waals surface area contributed by atoms with Gasteiger partial charge in [-0.25, -0.2) is 0 Å². The van der Waals surface area contributed by atoms with Crippen molar-refractivity contribution >= 4 is 21.6 Å². The molecule has 0 aliphatic carbocycles. The minimum atomic E-state index is 0.197. The second-order valence-corrected chi connectivity index (χ2v) is 4.67. The number of nitrogens with one attached hydrogen (secondary N) is 1. The van der Waals surface area contributed by atoms with E-state index in [9.17, 15) is 0 Å². The van der Waals surface area contributed by atoms with Crippen LogP contribution in [0.3, 0.4) is 0 Å². The molecule has 0 unspecified atom stereocenters. The van der Waals surface area contributed by atoms with Gasteiger partial charge in [-0.15, -0.1) is 0 Å². The van der Waals surface area contributed by atoms with E-state index in [1.54, 1.807) is 0 Å². The Morgan fingerprint density at radius 3 is 2.80 bits per heavy atom. The molecule has 1 aromatic carbocycles. The Bertz CT molecular complexity index is 315. The first-order valence-electron chi connectivity index (χ1n) is 5.14. The highest BCUT2D eigenvalue weighted by Gasteiger charge is 2.18. The summed E-state index contributed by atoms with van der Waals surface area (Å²) >= 11 is 3.42. The fourth-order valence-corrected chi connectivity index (χ4v) is 2.10. The van der Waals surface area contributed by atoms with E-state index in [0.717, 1.165) is 24.1 Å². The highest BCUT2D eigenvalue weighted by atomic mass is 79.9. The Balaban J connectivity index is 2.06. The fourth-order valence-electron chi connectivity index (χ4n) is 1.83. The lowest BCUT2D eigenvalue weighted by atomic mass is 10.2. The van der Waals surface area contributed by atoms with E-state index in [1.807, 2.05) is 12.1 Å². The summed E-state index contributed by atoms with van der Waals surface area (Å²) in [6.45, 7) is 3.00. The Kier molecular flexibility index (Phi) is 3.61. The molecule has 1 aliphatic rings. The third-order valence-electron chi connectivity index (χ3n) is 2.67. The zero-order valence-corrected chi connectivity index (χ0v) is 10.1. The van der Waals surface area contributed by atoms with Gasteiger partial charge in [0.05, 0.1) is 6.61 Å². The van der Waals surface area contributed by atoms with E-state index in [-0.39, 0.29) is 12.6 Å². The van der Waals surface area contributed by atoms with Crippen LogP contribution < -0.4 is 10.2 Å². The number of rotatable bonds is 2. The van der Waals surface area contributed by atoms with Crippen LogP contribution in [-0.4, -0.2) is 37.4 Å². The largest absolute Gasteiger partial charge is 0.395 e. The molecule has 0 spiro atoms. The van der Waals surface area contributed by atoms with E-state index in [4.69, 9.17) is 5.11 Å². The molecule has 0 amide bonds. The van der Waals surface area contributed by atoms with E-state index >= 15 is 0 Å². The molecule has 82 valence electrons.